The molecular weight excluding hydrogens is 416 g/mol. The van der Waals surface area contributed by atoms with Gasteiger partial charge in [-0.25, -0.2) is 9.78 Å². The molecule has 0 radical (unpaired) electrons. The van der Waals surface area contributed by atoms with Gasteiger partial charge < -0.3 is 20.3 Å². The van der Waals surface area contributed by atoms with Crippen LogP contribution in [0.3, 0.4) is 0 Å². The largest absolute Gasteiger partial charge is 0.474 e. The Morgan fingerprint density at radius 2 is 1.91 bits per heavy atom. The molecule has 176 valence electrons. The Kier molecular flexibility index (Phi) is 8.17. The summed E-state index contributed by atoms with van der Waals surface area (Å²) in [5.41, 5.74) is 1.92. The van der Waals surface area contributed by atoms with Crippen LogP contribution in [-0.4, -0.2) is 41.0 Å². The van der Waals surface area contributed by atoms with E-state index in [2.05, 4.69) is 15.6 Å². The first-order valence-corrected chi connectivity index (χ1v) is 12.2. The van der Waals surface area contributed by atoms with Crippen molar-refractivity contribution in [2.45, 2.75) is 70.1 Å². The fourth-order valence-corrected chi connectivity index (χ4v) is 4.57. The van der Waals surface area contributed by atoms with E-state index in [1.165, 1.54) is 12.8 Å². The first-order valence-electron chi connectivity index (χ1n) is 12.2. The number of nitrogens with one attached hydrogen (secondary N) is 2. The quantitative estimate of drug-likeness (QED) is 0.626. The van der Waals surface area contributed by atoms with Crippen molar-refractivity contribution in [3.05, 3.63) is 59.8 Å². The molecular formula is C26H34N4O3. The van der Waals surface area contributed by atoms with E-state index in [-0.39, 0.29) is 24.1 Å². The molecule has 1 unspecified atom stereocenters. The van der Waals surface area contributed by atoms with Crippen LogP contribution >= 0.6 is 0 Å². The minimum Gasteiger partial charge on any atom is -0.474 e. The summed E-state index contributed by atoms with van der Waals surface area (Å²) in [5, 5.41) is 6.02. The molecule has 1 saturated heterocycles. The molecule has 2 aromatic rings. The smallest absolute Gasteiger partial charge is 0.315 e. The summed E-state index contributed by atoms with van der Waals surface area (Å²) in [5.74, 6) is 0.783. The Labute approximate surface area is 195 Å². The first kappa shape index (κ1) is 23.1. The molecule has 2 fully saturated rings. The van der Waals surface area contributed by atoms with Gasteiger partial charge in [0.05, 0.1) is 6.04 Å². The maximum absolute atomic E-state index is 12.8. The molecule has 2 N–H and O–H groups in total. The van der Waals surface area contributed by atoms with Crippen molar-refractivity contribution < 1.29 is 14.3 Å². The van der Waals surface area contributed by atoms with Gasteiger partial charge in [0.1, 0.15) is 6.10 Å². The molecule has 0 bridgehead atoms. The third-order valence-corrected chi connectivity index (χ3v) is 6.42. The number of hydrogen-bond acceptors (Lipinski definition) is 4. The molecule has 7 heteroatoms. The molecule has 3 amide bonds. The zero-order valence-electron chi connectivity index (χ0n) is 19.2. The second-order valence-corrected chi connectivity index (χ2v) is 8.97. The van der Waals surface area contributed by atoms with Crippen molar-refractivity contribution >= 4 is 11.9 Å². The van der Waals surface area contributed by atoms with E-state index >= 15 is 0 Å². The second-order valence-electron chi connectivity index (χ2n) is 8.97. The molecule has 4 rings (SSSR count). The topological polar surface area (TPSA) is 83.6 Å². The van der Waals surface area contributed by atoms with Crippen molar-refractivity contribution in [3.63, 3.8) is 0 Å². The van der Waals surface area contributed by atoms with Crippen LogP contribution in [0.4, 0.5) is 4.79 Å². The first-order chi connectivity index (χ1) is 16.2. The number of amides is 3. The van der Waals surface area contributed by atoms with Gasteiger partial charge in [0.15, 0.2) is 0 Å². The lowest BCUT2D eigenvalue weighted by Gasteiger charge is -2.28. The van der Waals surface area contributed by atoms with Gasteiger partial charge in [-0.2, -0.15) is 0 Å². The SMILES string of the molecule is O=C(NCc1ccnc(OC2CCCC2)c1)NC(CN1CCCCCC1=O)c1ccccc1. The van der Waals surface area contributed by atoms with Gasteiger partial charge in [0, 0.05) is 38.3 Å². The average molecular weight is 451 g/mol. The summed E-state index contributed by atoms with van der Waals surface area (Å²) in [6.45, 7) is 1.59. The summed E-state index contributed by atoms with van der Waals surface area (Å²) < 4.78 is 5.97. The number of nitrogens with zero attached hydrogens (tertiary/aromatic N) is 2. The highest BCUT2D eigenvalue weighted by molar-refractivity contribution is 5.77. The molecule has 7 nitrogen and oxygen atoms in total. The molecule has 1 aromatic heterocycles. The lowest BCUT2D eigenvalue weighted by Crippen LogP contribution is -2.44. The summed E-state index contributed by atoms with van der Waals surface area (Å²) in [7, 11) is 0. The van der Waals surface area contributed by atoms with Crippen LogP contribution in [0, 0.1) is 0 Å². The number of aromatic nitrogens is 1. The van der Waals surface area contributed by atoms with Crippen LogP contribution in [0.2, 0.25) is 0 Å². The number of hydrogen-bond donors (Lipinski definition) is 2. The van der Waals surface area contributed by atoms with E-state index in [1.807, 2.05) is 47.4 Å². The van der Waals surface area contributed by atoms with Crippen molar-refractivity contribution in [2.24, 2.45) is 0 Å². The molecule has 1 atom stereocenters. The van der Waals surface area contributed by atoms with E-state index in [4.69, 9.17) is 4.74 Å². The lowest BCUT2D eigenvalue weighted by molar-refractivity contribution is -0.131. The second kappa shape index (κ2) is 11.7. The third-order valence-electron chi connectivity index (χ3n) is 6.42. The van der Waals surface area contributed by atoms with Crippen LogP contribution < -0.4 is 15.4 Å². The average Bonchev–Trinajstić information content (AvgIpc) is 3.26. The van der Waals surface area contributed by atoms with Crippen LogP contribution in [0.25, 0.3) is 0 Å². The number of pyridine rings is 1. The maximum atomic E-state index is 12.8. The van der Waals surface area contributed by atoms with Gasteiger partial charge in [-0.15, -0.1) is 0 Å². The Balaban J connectivity index is 1.35. The Bertz CT molecular complexity index is 915. The molecule has 1 aliphatic heterocycles. The molecule has 1 aliphatic carbocycles. The van der Waals surface area contributed by atoms with Crippen molar-refractivity contribution in [2.75, 3.05) is 13.1 Å². The van der Waals surface area contributed by atoms with E-state index in [0.29, 0.717) is 25.4 Å². The molecule has 2 aliphatic rings. The summed E-state index contributed by atoms with van der Waals surface area (Å²) >= 11 is 0. The fourth-order valence-electron chi connectivity index (χ4n) is 4.57. The lowest BCUT2D eigenvalue weighted by atomic mass is 10.1. The highest BCUT2D eigenvalue weighted by atomic mass is 16.5. The van der Waals surface area contributed by atoms with Gasteiger partial charge in [-0.3, -0.25) is 4.79 Å². The fraction of sp³-hybridized carbons (Fsp3) is 0.500. The van der Waals surface area contributed by atoms with Gasteiger partial charge in [0.2, 0.25) is 11.8 Å². The summed E-state index contributed by atoms with van der Waals surface area (Å²) in [6, 6.07) is 13.1. The van der Waals surface area contributed by atoms with Gasteiger partial charge >= 0.3 is 6.03 Å². The molecule has 33 heavy (non-hydrogen) atoms. The van der Waals surface area contributed by atoms with Crippen LogP contribution in [-0.2, 0) is 11.3 Å². The predicted octanol–water partition coefficient (Wildman–Crippen LogP) is 4.35. The van der Waals surface area contributed by atoms with Gasteiger partial charge in [0.25, 0.3) is 0 Å². The zero-order chi connectivity index (χ0) is 22.9. The number of carbonyl (C=O) groups is 2. The number of ether oxygens (including phenoxy) is 1. The van der Waals surface area contributed by atoms with Gasteiger partial charge in [-0.1, -0.05) is 36.8 Å². The Hall–Kier alpha value is -3.09. The highest BCUT2D eigenvalue weighted by Gasteiger charge is 2.23. The van der Waals surface area contributed by atoms with Crippen LogP contribution in [0.1, 0.15) is 68.5 Å². The van der Waals surface area contributed by atoms with Crippen molar-refractivity contribution in [1.29, 1.82) is 0 Å². The maximum Gasteiger partial charge on any atom is 0.315 e. The zero-order valence-corrected chi connectivity index (χ0v) is 19.2. The Morgan fingerprint density at radius 1 is 1.09 bits per heavy atom. The minimum absolute atomic E-state index is 0.169. The van der Waals surface area contributed by atoms with Gasteiger partial charge in [-0.05, 0) is 55.7 Å². The monoisotopic (exact) mass is 450 g/mol. The summed E-state index contributed by atoms with van der Waals surface area (Å²) in [4.78, 5) is 31.5. The van der Waals surface area contributed by atoms with E-state index in [1.54, 1.807) is 6.20 Å². The minimum atomic E-state index is -0.271. The van der Waals surface area contributed by atoms with E-state index < -0.39 is 0 Å². The number of carbonyl (C=O) groups excluding carboxylic acids is 2. The van der Waals surface area contributed by atoms with Crippen molar-refractivity contribution in [1.82, 2.24) is 20.5 Å². The Morgan fingerprint density at radius 3 is 2.73 bits per heavy atom. The van der Waals surface area contributed by atoms with Crippen molar-refractivity contribution in [3.8, 4) is 5.88 Å². The predicted molar refractivity (Wildman–Crippen MR) is 127 cm³/mol. The molecule has 2 heterocycles. The van der Waals surface area contributed by atoms with Crippen LogP contribution in [0.5, 0.6) is 5.88 Å². The number of rotatable bonds is 8. The summed E-state index contributed by atoms with van der Waals surface area (Å²) in [6.07, 6.45) is 10.1. The number of urea groups is 1. The highest BCUT2D eigenvalue weighted by Crippen LogP contribution is 2.23. The number of likely N-dealkylation sites (tertiary alicyclic amines) is 1. The molecule has 0 spiro atoms. The molecule has 1 aromatic carbocycles. The van der Waals surface area contributed by atoms with E-state index in [0.717, 1.165) is 49.8 Å². The standard InChI is InChI=1S/C26H34N4O3/c31-25-13-5-2-8-16-30(25)19-23(21-9-3-1-4-10-21)29-26(32)28-18-20-14-15-27-24(17-20)33-22-11-6-7-12-22/h1,3-4,9-10,14-15,17,22-23H,2,5-8,11-13,16,18-19H2,(H2,28,29,32). The normalized spacial score (nSPS) is 17.9. The van der Waals surface area contributed by atoms with E-state index in [9.17, 15) is 9.59 Å². The number of benzene rings is 1. The third kappa shape index (κ3) is 6.94. The van der Waals surface area contributed by atoms with Crippen LogP contribution in [0.15, 0.2) is 48.7 Å². The molecule has 1 saturated carbocycles.